The van der Waals surface area contributed by atoms with Crippen LogP contribution in [-0.4, -0.2) is 8.42 Å². The van der Waals surface area contributed by atoms with Gasteiger partial charge in [0.2, 0.25) is 0 Å². The fourth-order valence-corrected chi connectivity index (χ4v) is 3.31. The number of hydrogen-bond donors (Lipinski definition) is 2. The van der Waals surface area contributed by atoms with E-state index in [2.05, 4.69) is 43.2 Å². The Labute approximate surface area is 137 Å². The van der Waals surface area contributed by atoms with Crippen molar-refractivity contribution in [2.75, 3.05) is 10.5 Å². The van der Waals surface area contributed by atoms with Gasteiger partial charge in [0.05, 0.1) is 0 Å². The van der Waals surface area contributed by atoms with E-state index >= 15 is 0 Å². The first-order chi connectivity index (χ1) is 9.29. The van der Waals surface area contributed by atoms with Gasteiger partial charge in [-0.2, -0.15) is 0 Å². The highest BCUT2D eigenvalue weighted by molar-refractivity contribution is 14.1. The summed E-state index contributed by atoms with van der Waals surface area (Å²) in [6, 6.07) is 8.78. The van der Waals surface area contributed by atoms with Gasteiger partial charge in [0, 0.05) is 19.4 Å². The van der Waals surface area contributed by atoms with E-state index in [1.54, 1.807) is 24.3 Å². The Morgan fingerprint density at radius 3 is 2.40 bits per heavy atom. The van der Waals surface area contributed by atoms with Crippen LogP contribution in [0.25, 0.3) is 0 Å². The van der Waals surface area contributed by atoms with E-state index in [0.717, 1.165) is 15.7 Å². The van der Waals surface area contributed by atoms with Gasteiger partial charge in [0.25, 0.3) is 10.0 Å². The molecule has 0 heterocycles. The maximum atomic E-state index is 13.8. The summed E-state index contributed by atoms with van der Waals surface area (Å²) in [5.41, 5.74) is 6.09. The molecular weight excluding hydrogens is 462 g/mol. The lowest BCUT2D eigenvalue weighted by Gasteiger charge is -2.10. The maximum Gasteiger partial charge on any atom is 0.264 e. The number of halogens is 3. The number of sulfonamides is 1. The van der Waals surface area contributed by atoms with Crippen LogP contribution in [0.15, 0.2) is 45.8 Å². The Morgan fingerprint density at radius 2 is 1.80 bits per heavy atom. The third-order valence-corrected chi connectivity index (χ3v) is 5.24. The predicted octanol–water partition coefficient (Wildman–Crippen LogP) is 3.58. The molecule has 2 aromatic rings. The monoisotopic (exact) mass is 470 g/mol. The summed E-state index contributed by atoms with van der Waals surface area (Å²) in [6.45, 7) is 0. The Bertz CT molecular complexity index is 751. The van der Waals surface area contributed by atoms with Crippen LogP contribution in [0.5, 0.6) is 0 Å². The molecule has 0 unspecified atom stereocenters. The van der Waals surface area contributed by atoms with Gasteiger partial charge in [-0.15, -0.1) is 0 Å². The van der Waals surface area contributed by atoms with E-state index in [4.69, 9.17) is 5.73 Å². The largest absolute Gasteiger partial charge is 0.398 e. The highest BCUT2D eigenvalue weighted by atomic mass is 127. The fourth-order valence-electron chi connectivity index (χ4n) is 1.48. The Kier molecular flexibility index (Phi) is 4.55. The maximum absolute atomic E-state index is 13.8. The molecule has 0 spiro atoms. The third-order valence-electron chi connectivity index (χ3n) is 2.44. The summed E-state index contributed by atoms with van der Waals surface area (Å²) in [5, 5.41) is 0. The van der Waals surface area contributed by atoms with E-state index in [1.165, 1.54) is 0 Å². The standard InChI is InChI=1S/C12H9BrFIN2O2S/c13-9-5-10(14)12(6-11(9)16)20(18,19)17-8-3-1-7(15)2-4-8/h1-6,17H,16H2. The molecule has 8 heteroatoms. The van der Waals surface area contributed by atoms with Gasteiger partial charge < -0.3 is 5.73 Å². The van der Waals surface area contributed by atoms with E-state index in [9.17, 15) is 12.8 Å². The summed E-state index contributed by atoms with van der Waals surface area (Å²) in [4.78, 5) is -0.489. The summed E-state index contributed by atoms with van der Waals surface area (Å²) >= 11 is 5.14. The molecule has 2 rings (SSSR count). The molecule has 3 N–H and O–H groups in total. The van der Waals surface area contributed by atoms with E-state index in [0.29, 0.717) is 10.2 Å². The molecule has 0 amide bonds. The lowest BCUT2D eigenvalue weighted by atomic mass is 10.3. The lowest BCUT2D eigenvalue weighted by molar-refractivity contribution is 0.570. The van der Waals surface area contributed by atoms with E-state index < -0.39 is 20.7 Å². The van der Waals surface area contributed by atoms with Crippen molar-refractivity contribution < 1.29 is 12.8 Å². The molecule has 0 bridgehead atoms. The van der Waals surface area contributed by atoms with Gasteiger partial charge in [-0.25, -0.2) is 12.8 Å². The fraction of sp³-hybridized carbons (Fsp3) is 0. The smallest absolute Gasteiger partial charge is 0.264 e. The van der Waals surface area contributed by atoms with Gasteiger partial charge in [-0.1, -0.05) is 0 Å². The van der Waals surface area contributed by atoms with Gasteiger partial charge in [-0.3, -0.25) is 4.72 Å². The molecule has 106 valence electrons. The van der Waals surface area contributed by atoms with Crippen molar-refractivity contribution in [3.63, 3.8) is 0 Å². The van der Waals surface area contributed by atoms with Crippen LogP contribution in [0.3, 0.4) is 0 Å². The number of nitrogens with one attached hydrogen (secondary N) is 1. The second-order valence-electron chi connectivity index (χ2n) is 3.92. The van der Waals surface area contributed by atoms with Gasteiger partial charge in [0.15, 0.2) is 0 Å². The molecular formula is C12H9BrFIN2O2S. The number of rotatable bonds is 3. The number of hydrogen-bond acceptors (Lipinski definition) is 3. The summed E-state index contributed by atoms with van der Waals surface area (Å²) in [7, 11) is -4.02. The van der Waals surface area contributed by atoms with Crippen LogP contribution in [0, 0.1) is 9.39 Å². The molecule has 0 saturated carbocycles. The number of benzene rings is 2. The Balaban J connectivity index is 2.40. The van der Waals surface area contributed by atoms with E-state index in [1.807, 2.05) is 0 Å². The van der Waals surface area contributed by atoms with Crippen LogP contribution in [0.1, 0.15) is 0 Å². The van der Waals surface area contributed by atoms with E-state index in [-0.39, 0.29) is 5.69 Å². The van der Waals surface area contributed by atoms with Crippen LogP contribution >= 0.6 is 38.5 Å². The van der Waals surface area contributed by atoms with Crippen molar-refractivity contribution in [2.24, 2.45) is 0 Å². The van der Waals surface area contributed by atoms with Crippen molar-refractivity contribution in [2.45, 2.75) is 4.90 Å². The van der Waals surface area contributed by atoms with Crippen LogP contribution in [0.2, 0.25) is 0 Å². The summed E-state index contributed by atoms with van der Waals surface area (Å²) in [5.74, 6) is -0.871. The topological polar surface area (TPSA) is 72.2 Å². The normalized spacial score (nSPS) is 11.3. The molecule has 0 aliphatic heterocycles. The van der Waals surface area contributed by atoms with Crippen molar-refractivity contribution >= 4 is 59.9 Å². The zero-order valence-electron chi connectivity index (χ0n) is 9.90. The van der Waals surface area contributed by atoms with Gasteiger partial charge in [0.1, 0.15) is 10.7 Å². The molecule has 0 saturated heterocycles. The zero-order chi connectivity index (χ0) is 14.9. The molecule has 2 aromatic carbocycles. The molecule has 0 aliphatic rings. The minimum Gasteiger partial charge on any atom is -0.398 e. The van der Waals surface area contributed by atoms with Gasteiger partial charge in [-0.05, 0) is 74.9 Å². The Hall–Kier alpha value is -0.870. The average molecular weight is 471 g/mol. The van der Waals surface area contributed by atoms with Crippen molar-refractivity contribution in [3.05, 3.63) is 50.3 Å². The first kappa shape index (κ1) is 15.5. The quantitative estimate of drug-likeness (QED) is 0.532. The molecule has 0 radical (unpaired) electrons. The second-order valence-corrected chi connectivity index (χ2v) is 7.67. The highest BCUT2D eigenvalue weighted by Crippen LogP contribution is 2.27. The van der Waals surface area contributed by atoms with Crippen LogP contribution < -0.4 is 10.5 Å². The molecule has 20 heavy (non-hydrogen) atoms. The molecule has 0 fully saturated rings. The second kappa shape index (κ2) is 5.86. The SMILES string of the molecule is Nc1cc(S(=O)(=O)Nc2ccc(I)cc2)c(F)cc1Br. The van der Waals surface area contributed by atoms with Crippen molar-refractivity contribution in [1.82, 2.24) is 0 Å². The molecule has 0 aromatic heterocycles. The summed E-state index contributed by atoms with van der Waals surface area (Å²) in [6.07, 6.45) is 0. The highest BCUT2D eigenvalue weighted by Gasteiger charge is 2.20. The third kappa shape index (κ3) is 3.41. The number of anilines is 2. The lowest BCUT2D eigenvalue weighted by Crippen LogP contribution is -2.15. The number of nitrogen functional groups attached to an aromatic ring is 1. The minimum absolute atomic E-state index is 0.148. The number of nitrogens with two attached hydrogens (primary N) is 1. The van der Waals surface area contributed by atoms with Crippen LogP contribution in [0.4, 0.5) is 15.8 Å². The van der Waals surface area contributed by atoms with Crippen LogP contribution in [-0.2, 0) is 10.0 Å². The zero-order valence-corrected chi connectivity index (χ0v) is 14.5. The summed E-state index contributed by atoms with van der Waals surface area (Å²) < 4.78 is 41.7. The van der Waals surface area contributed by atoms with Crippen molar-refractivity contribution in [3.8, 4) is 0 Å². The average Bonchev–Trinajstić information content (AvgIpc) is 2.36. The minimum atomic E-state index is -4.02. The first-order valence-electron chi connectivity index (χ1n) is 5.32. The first-order valence-corrected chi connectivity index (χ1v) is 8.68. The molecule has 0 atom stereocenters. The molecule has 0 aliphatic carbocycles. The van der Waals surface area contributed by atoms with Crippen molar-refractivity contribution in [1.29, 1.82) is 0 Å². The van der Waals surface area contributed by atoms with Gasteiger partial charge >= 0.3 is 0 Å². The Morgan fingerprint density at radius 1 is 1.20 bits per heavy atom. The molecule has 4 nitrogen and oxygen atoms in total. The predicted molar refractivity (Wildman–Crippen MR) is 88.5 cm³/mol.